The Morgan fingerprint density at radius 3 is 1.06 bits per heavy atom. The van der Waals surface area contributed by atoms with Crippen molar-refractivity contribution in [1.29, 1.82) is 0 Å². The second-order valence-electron chi connectivity index (χ2n) is 23.7. The maximum atomic E-state index is 13.3. The second kappa shape index (κ2) is 35.0. The van der Waals surface area contributed by atoms with Gasteiger partial charge in [-0.05, 0) is 151 Å². The zero-order valence-electron chi connectivity index (χ0n) is 55.0. The van der Waals surface area contributed by atoms with Crippen LogP contribution in [-0.4, -0.2) is 47.8 Å². The van der Waals surface area contributed by atoms with Crippen molar-refractivity contribution in [2.75, 3.05) is 0 Å². The Morgan fingerprint density at radius 1 is 0.434 bits per heavy atom. The largest absolute Gasteiger partial charge is 0.0622 e. The summed E-state index contributed by atoms with van der Waals surface area (Å²) in [5.74, 6) is -0.823. The van der Waals surface area contributed by atoms with Crippen LogP contribution in [0.4, 0.5) is 8.78 Å². The summed E-state index contributed by atoms with van der Waals surface area (Å²) in [5.41, 5.74) is 5.14. The summed E-state index contributed by atoms with van der Waals surface area (Å²) in [7, 11) is 12.2. The topological polar surface area (TPSA) is 120 Å². The maximum Gasteiger partial charge on any atom is -0.0134 e. The van der Waals surface area contributed by atoms with Gasteiger partial charge in [-0.25, -0.2) is 8.78 Å². The van der Waals surface area contributed by atoms with Crippen LogP contribution in [0.2, 0.25) is 0 Å². The summed E-state index contributed by atoms with van der Waals surface area (Å²) in [6.07, 6.45) is 7.45. The van der Waals surface area contributed by atoms with E-state index in [0.29, 0.717) is 21.9 Å². The molecule has 19 heteroatoms. The molecule has 0 aliphatic carbocycles. The molecule has 14 aromatic rings. The van der Waals surface area contributed by atoms with Crippen molar-refractivity contribution in [1.82, 2.24) is 29.5 Å². The van der Waals surface area contributed by atoms with Crippen LogP contribution >= 0.6 is 50.8 Å². The number of nitrogens with zero attached hydrogens (tertiary/aromatic N) is 4. The summed E-state index contributed by atoms with van der Waals surface area (Å²) in [6, 6.07) is 92.3. The SMILES string of the molecule is Cn1cc(-c2ccc(-c3cc4ccc(F)cc4c(=O)[nH]3)cc2)cn1.Cn1cc(B2OC(C)(C)C(C)(C)O2)cn1.O=c1[nH]c(-c2ccc(Br)cc2)cc2ccc(F)cc12.[Cl][Pd][Cl].c1ccc(P(c2ccccc2)c2ccccc2)cc1.c1ccc(P(c2ccccc2)c2ccccc2)cc1. The van der Waals surface area contributed by atoms with Gasteiger partial charge in [-0.15, -0.1) is 0 Å². The van der Waals surface area contributed by atoms with Crippen molar-refractivity contribution < 1.29 is 34.0 Å². The van der Waals surface area contributed by atoms with E-state index in [0.717, 1.165) is 43.3 Å². The zero-order chi connectivity index (χ0) is 69.9. The number of rotatable bonds is 10. The summed E-state index contributed by atoms with van der Waals surface area (Å²) in [6.45, 7) is 8.18. The van der Waals surface area contributed by atoms with Gasteiger partial charge in [0.2, 0.25) is 0 Å². The number of hydrogen-bond acceptors (Lipinski definition) is 6. The number of aryl methyl sites for hydroxylation is 2. The van der Waals surface area contributed by atoms with E-state index in [9.17, 15) is 18.4 Å². The van der Waals surface area contributed by atoms with Crippen molar-refractivity contribution in [3.05, 3.63) is 341 Å². The molecule has 0 unspecified atom stereocenters. The van der Waals surface area contributed by atoms with Crippen LogP contribution in [0.25, 0.3) is 55.2 Å². The molecule has 10 nitrogen and oxygen atoms in total. The molecule has 0 saturated carbocycles. The summed E-state index contributed by atoms with van der Waals surface area (Å²) < 4.78 is 42.7. The van der Waals surface area contributed by atoms with Crippen LogP contribution in [0.1, 0.15) is 27.7 Å². The minimum absolute atomic E-state index is 0.106. The molecule has 1 aliphatic rings. The number of aromatic amines is 2. The van der Waals surface area contributed by atoms with E-state index < -0.39 is 27.5 Å². The Bertz CT molecular complexity index is 4670. The number of hydrogen-bond donors (Lipinski definition) is 2. The molecule has 2 N–H and O–H groups in total. The molecule has 502 valence electrons. The zero-order valence-corrected chi connectivity index (χ0v) is 61.4. The Balaban J connectivity index is 0.000000133. The van der Waals surface area contributed by atoms with Gasteiger partial charge in [-0.2, -0.15) is 10.2 Å². The molecule has 1 aliphatic heterocycles. The molecule has 99 heavy (non-hydrogen) atoms. The minimum atomic E-state index is -0.446. The van der Waals surface area contributed by atoms with Crippen LogP contribution in [0.15, 0.2) is 318 Å². The first-order valence-corrected chi connectivity index (χ1v) is 38.9. The summed E-state index contributed by atoms with van der Waals surface area (Å²) in [4.78, 5) is 29.7. The van der Waals surface area contributed by atoms with Crippen molar-refractivity contribution in [3.8, 4) is 33.6 Å². The van der Waals surface area contributed by atoms with Crippen molar-refractivity contribution in [3.63, 3.8) is 0 Å². The average molecular weight is 1550 g/mol. The van der Waals surface area contributed by atoms with Gasteiger partial charge in [0.15, 0.2) is 0 Å². The number of pyridine rings is 2. The number of benzene rings is 10. The first kappa shape index (κ1) is 73.2. The fraction of sp³-hybridized carbons (Fsp3) is 0.100. The number of H-pyrrole nitrogens is 2. The Morgan fingerprint density at radius 2 is 0.747 bits per heavy atom. The van der Waals surface area contributed by atoms with E-state index in [2.05, 4.69) is 218 Å². The van der Waals surface area contributed by atoms with Gasteiger partial charge in [-0.1, -0.05) is 246 Å². The average Bonchev–Trinajstić information content (AvgIpc) is 1.67. The molecule has 10 aromatic carbocycles. The van der Waals surface area contributed by atoms with Gasteiger partial charge >= 0.3 is 42.1 Å². The Hall–Kier alpha value is -8.53. The van der Waals surface area contributed by atoms with E-state index in [1.54, 1.807) is 33.9 Å². The Kier molecular flexibility index (Phi) is 25.9. The fourth-order valence-electron chi connectivity index (χ4n) is 10.7. The van der Waals surface area contributed by atoms with Gasteiger partial charge in [0.05, 0.1) is 17.4 Å². The van der Waals surface area contributed by atoms with Gasteiger partial charge in [0, 0.05) is 70.3 Å². The first-order valence-electron chi connectivity index (χ1n) is 31.4. The molecule has 0 amide bonds. The van der Waals surface area contributed by atoms with Crippen LogP contribution in [-0.2, 0) is 39.3 Å². The molecule has 4 aromatic heterocycles. The van der Waals surface area contributed by atoms with Crippen molar-refractivity contribution in [2.45, 2.75) is 38.9 Å². The second-order valence-corrected chi connectivity index (χ2v) is 31.5. The molecular formula is C80H70BBrCl2F2N6O4P2Pd. The van der Waals surface area contributed by atoms with E-state index in [4.69, 9.17) is 28.4 Å². The van der Waals surface area contributed by atoms with E-state index >= 15 is 0 Å². The molecular weight excluding hydrogens is 1480 g/mol. The van der Waals surface area contributed by atoms with Gasteiger partial charge in [0.1, 0.15) is 11.6 Å². The molecule has 0 radical (unpaired) electrons. The third-order valence-electron chi connectivity index (χ3n) is 16.3. The van der Waals surface area contributed by atoms with E-state index in [1.807, 2.05) is 115 Å². The predicted octanol–water partition coefficient (Wildman–Crippen LogP) is 16.8. The molecule has 0 atom stereocenters. The molecule has 1 saturated heterocycles. The van der Waals surface area contributed by atoms with Crippen LogP contribution in [0.5, 0.6) is 0 Å². The Labute approximate surface area is 603 Å². The molecule has 0 bridgehead atoms. The van der Waals surface area contributed by atoms with E-state index in [-0.39, 0.29) is 45.4 Å². The number of halogens is 5. The van der Waals surface area contributed by atoms with Gasteiger partial charge in [0.25, 0.3) is 11.1 Å². The third kappa shape index (κ3) is 19.7. The molecule has 1 fully saturated rings. The fourth-order valence-corrected chi connectivity index (χ4v) is 15.6. The third-order valence-corrected chi connectivity index (χ3v) is 21.8. The number of fused-ring (bicyclic) bond motifs is 2. The quantitative estimate of drug-likeness (QED) is 0.104. The van der Waals surface area contributed by atoms with Crippen molar-refractivity contribution >= 4 is 117 Å². The molecule has 0 spiro atoms. The van der Waals surface area contributed by atoms with Crippen LogP contribution in [0, 0.1) is 11.6 Å². The van der Waals surface area contributed by atoms with E-state index in [1.165, 1.54) is 56.1 Å². The van der Waals surface area contributed by atoms with Crippen LogP contribution < -0.4 is 48.4 Å². The van der Waals surface area contributed by atoms with Crippen molar-refractivity contribution in [2.24, 2.45) is 14.1 Å². The summed E-state index contributed by atoms with van der Waals surface area (Å²) in [5, 5.41) is 18.8. The molecule has 5 heterocycles. The smallest absolute Gasteiger partial charge is 0.0134 e. The van der Waals surface area contributed by atoms with Crippen LogP contribution in [0.3, 0.4) is 0 Å². The minimum Gasteiger partial charge on any atom is -0.0622 e. The maximum absolute atomic E-state index is 13.3. The monoisotopic (exact) mass is 1540 g/mol. The summed E-state index contributed by atoms with van der Waals surface area (Å²) >= 11 is 3.26. The standard InChI is InChI=1S/C19H14FN3O.2C18H15P.C15H9BrFNO.C10H17BN2O2.2ClH.Pd/c1-23-11-15(10-21-23)12-2-4-13(5-3-12)18-8-14-6-7-16(20)9-17(14)19(24)22-18;2*1-4-10-16(11-5-1)19(17-12-6-2-7-13-17)18-14-8-3-9-15-18;16-11-4-1-9(2-5-11)14-7-10-3-6-12(17)8-13(10)15(19)18-14;1-9(2)10(3,4)15-11(14-9)8-6-12-13(5)7-8;;;/h2-11H,1H3,(H,22,24);2*1-15H;1-8H,(H,18,19);6-7H,1-5H3;2*1H;/q;;;;;;;+2/p-2. The number of aromatic nitrogens is 6. The predicted molar refractivity (Wildman–Crippen MR) is 411 cm³/mol. The van der Waals surface area contributed by atoms with Gasteiger partial charge < -0.3 is 19.3 Å². The number of nitrogens with one attached hydrogen (secondary N) is 2. The normalized spacial score (nSPS) is 12.6. The van der Waals surface area contributed by atoms with Gasteiger partial charge in [-0.3, -0.25) is 19.0 Å². The first-order chi connectivity index (χ1) is 47.9. The molecule has 15 rings (SSSR count).